The van der Waals surface area contributed by atoms with Crippen LogP contribution in [0.1, 0.15) is 36.6 Å². The van der Waals surface area contributed by atoms with Gasteiger partial charge in [-0.05, 0) is 37.0 Å². The molecule has 0 bridgehead atoms. The number of nitriles is 1. The van der Waals surface area contributed by atoms with Crippen LogP contribution in [0.4, 0.5) is 5.69 Å². The van der Waals surface area contributed by atoms with Crippen LogP contribution in [0, 0.1) is 11.3 Å². The zero-order chi connectivity index (χ0) is 14.7. The van der Waals surface area contributed by atoms with Crippen molar-refractivity contribution in [2.45, 2.75) is 37.6 Å². The van der Waals surface area contributed by atoms with Gasteiger partial charge in [0.25, 0.3) is 0 Å². The zero-order valence-corrected chi connectivity index (χ0v) is 13.3. The molecule has 112 valence electrons. The van der Waals surface area contributed by atoms with E-state index < -0.39 is 0 Å². The molecule has 0 aromatic carbocycles. The van der Waals surface area contributed by atoms with Crippen molar-refractivity contribution in [1.82, 2.24) is 4.98 Å². The molecule has 0 radical (unpaired) electrons. The molecule has 21 heavy (non-hydrogen) atoms. The number of aromatic nitrogens is 1. The molecular formula is C16H21N3OS. The summed E-state index contributed by atoms with van der Waals surface area (Å²) in [5.74, 6) is 0.947. The summed E-state index contributed by atoms with van der Waals surface area (Å²) < 4.78 is 5.47. The molecule has 1 aliphatic carbocycles. The van der Waals surface area contributed by atoms with Gasteiger partial charge in [0.2, 0.25) is 0 Å². The summed E-state index contributed by atoms with van der Waals surface area (Å²) >= 11 is 1.69. The Balaban J connectivity index is 2.12. The van der Waals surface area contributed by atoms with Gasteiger partial charge in [0.1, 0.15) is 16.7 Å². The summed E-state index contributed by atoms with van der Waals surface area (Å²) in [5.41, 5.74) is 4.48. The Morgan fingerprint density at radius 1 is 1.29 bits per heavy atom. The second-order valence-corrected chi connectivity index (χ2v) is 6.67. The van der Waals surface area contributed by atoms with Crippen LogP contribution in [0.3, 0.4) is 0 Å². The first kappa shape index (κ1) is 14.7. The van der Waals surface area contributed by atoms with E-state index in [1.54, 1.807) is 11.8 Å². The molecule has 1 aliphatic heterocycles. The van der Waals surface area contributed by atoms with Gasteiger partial charge in [-0.15, -0.1) is 11.8 Å². The van der Waals surface area contributed by atoms with Crippen LogP contribution in [-0.4, -0.2) is 37.0 Å². The summed E-state index contributed by atoms with van der Waals surface area (Å²) in [6.07, 6.45) is 4.53. The summed E-state index contributed by atoms with van der Waals surface area (Å²) in [6.45, 7) is 5.36. The quantitative estimate of drug-likeness (QED) is 0.804. The van der Waals surface area contributed by atoms with Crippen molar-refractivity contribution in [3.05, 3.63) is 16.8 Å². The van der Waals surface area contributed by atoms with Gasteiger partial charge in [0.15, 0.2) is 0 Å². The zero-order valence-electron chi connectivity index (χ0n) is 12.5. The van der Waals surface area contributed by atoms with Gasteiger partial charge in [0.05, 0.1) is 18.9 Å². The highest BCUT2D eigenvalue weighted by molar-refractivity contribution is 7.99. The summed E-state index contributed by atoms with van der Waals surface area (Å²) in [4.78, 5) is 7.15. The number of rotatable bonds is 3. The number of aryl methyl sites for hydroxylation is 1. The van der Waals surface area contributed by atoms with Gasteiger partial charge < -0.3 is 9.64 Å². The average Bonchev–Trinajstić information content (AvgIpc) is 2.54. The van der Waals surface area contributed by atoms with Crippen molar-refractivity contribution in [2.75, 3.05) is 37.0 Å². The van der Waals surface area contributed by atoms with Crippen LogP contribution in [0.2, 0.25) is 0 Å². The molecule has 1 saturated heterocycles. The second-order valence-electron chi connectivity index (χ2n) is 5.42. The average molecular weight is 303 g/mol. The molecule has 0 amide bonds. The Kier molecular flexibility index (Phi) is 4.67. The van der Waals surface area contributed by atoms with E-state index in [2.05, 4.69) is 17.9 Å². The number of anilines is 1. The number of hydrogen-bond donors (Lipinski definition) is 0. The molecule has 5 heteroatoms. The number of morpholine rings is 1. The fraction of sp³-hybridized carbons (Fsp3) is 0.625. The van der Waals surface area contributed by atoms with E-state index in [-0.39, 0.29) is 0 Å². The first-order chi connectivity index (χ1) is 10.3. The molecule has 0 saturated carbocycles. The standard InChI is InChI=1S/C16H21N3OS/c1-2-21-16-13(11-17)15(19-7-9-20-10-8-19)12-5-3-4-6-14(12)18-16/h2-10H2,1H3. The van der Waals surface area contributed by atoms with E-state index in [0.29, 0.717) is 0 Å². The summed E-state index contributed by atoms with van der Waals surface area (Å²) in [6, 6.07) is 2.43. The molecule has 3 rings (SSSR count). The van der Waals surface area contributed by atoms with Crippen LogP contribution in [0.5, 0.6) is 0 Å². The van der Waals surface area contributed by atoms with Crippen molar-refractivity contribution in [2.24, 2.45) is 0 Å². The van der Waals surface area contributed by atoms with Crippen LogP contribution in [0.15, 0.2) is 5.03 Å². The van der Waals surface area contributed by atoms with Crippen molar-refractivity contribution >= 4 is 17.4 Å². The van der Waals surface area contributed by atoms with Crippen LogP contribution >= 0.6 is 11.8 Å². The van der Waals surface area contributed by atoms with Gasteiger partial charge in [0, 0.05) is 18.8 Å². The smallest absolute Gasteiger partial charge is 0.116 e. The van der Waals surface area contributed by atoms with Crippen molar-refractivity contribution in [3.63, 3.8) is 0 Å². The Morgan fingerprint density at radius 2 is 2.05 bits per heavy atom. The number of pyridine rings is 1. The maximum absolute atomic E-state index is 9.70. The number of hydrogen-bond acceptors (Lipinski definition) is 5. The Bertz CT molecular complexity index is 562. The van der Waals surface area contributed by atoms with E-state index in [0.717, 1.165) is 61.2 Å². The van der Waals surface area contributed by atoms with Gasteiger partial charge in [-0.2, -0.15) is 5.26 Å². The molecule has 0 atom stereocenters. The highest BCUT2D eigenvalue weighted by atomic mass is 32.2. The predicted octanol–water partition coefficient (Wildman–Crippen LogP) is 2.78. The first-order valence-electron chi connectivity index (χ1n) is 7.76. The van der Waals surface area contributed by atoms with Gasteiger partial charge in [-0.3, -0.25) is 0 Å². The minimum atomic E-state index is 0.748. The Morgan fingerprint density at radius 3 is 2.76 bits per heavy atom. The lowest BCUT2D eigenvalue weighted by Crippen LogP contribution is -2.38. The molecule has 0 unspecified atom stereocenters. The predicted molar refractivity (Wildman–Crippen MR) is 85.0 cm³/mol. The third-order valence-corrected chi connectivity index (χ3v) is 4.99. The fourth-order valence-corrected chi connectivity index (χ4v) is 3.91. The number of fused-ring (bicyclic) bond motifs is 1. The summed E-state index contributed by atoms with van der Waals surface area (Å²) in [5, 5.41) is 10.6. The molecule has 1 aromatic rings. The molecule has 0 N–H and O–H groups in total. The number of nitrogens with zero attached hydrogens (tertiary/aromatic N) is 3. The number of ether oxygens (including phenoxy) is 1. The minimum absolute atomic E-state index is 0.748. The van der Waals surface area contributed by atoms with E-state index in [1.807, 2.05) is 0 Å². The lowest BCUT2D eigenvalue weighted by atomic mass is 9.92. The van der Waals surface area contributed by atoms with Crippen LogP contribution in [0.25, 0.3) is 0 Å². The number of thioether (sulfide) groups is 1. The van der Waals surface area contributed by atoms with E-state index in [4.69, 9.17) is 9.72 Å². The molecule has 2 aliphatic rings. The Hall–Kier alpha value is -1.25. The molecule has 1 fully saturated rings. The molecule has 4 nitrogen and oxygen atoms in total. The maximum Gasteiger partial charge on any atom is 0.116 e. The van der Waals surface area contributed by atoms with E-state index in [9.17, 15) is 5.26 Å². The van der Waals surface area contributed by atoms with E-state index >= 15 is 0 Å². The normalized spacial score (nSPS) is 18.2. The van der Waals surface area contributed by atoms with Crippen LogP contribution < -0.4 is 4.90 Å². The monoisotopic (exact) mass is 303 g/mol. The fourth-order valence-electron chi connectivity index (χ4n) is 3.18. The largest absolute Gasteiger partial charge is 0.378 e. The summed E-state index contributed by atoms with van der Waals surface area (Å²) in [7, 11) is 0. The first-order valence-corrected chi connectivity index (χ1v) is 8.75. The highest BCUT2D eigenvalue weighted by Gasteiger charge is 2.26. The molecular weight excluding hydrogens is 282 g/mol. The molecule has 0 spiro atoms. The SMILES string of the molecule is CCSc1nc2c(c(N3CCOCC3)c1C#N)CCCC2. The second kappa shape index (κ2) is 6.67. The van der Waals surface area contributed by atoms with Gasteiger partial charge >= 0.3 is 0 Å². The topological polar surface area (TPSA) is 49.2 Å². The third kappa shape index (κ3) is 2.88. The van der Waals surface area contributed by atoms with Gasteiger partial charge in [-0.1, -0.05) is 6.92 Å². The Labute approximate surface area is 130 Å². The maximum atomic E-state index is 9.70. The van der Waals surface area contributed by atoms with Crippen LogP contribution in [-0.2, 0) is 17.6 Å². The lowest BCUT2D eigenvalue weighted by molar-refractivity contribution is 0.122. The van der Waals surface area contributed by atoms with Crippen molar-refractivity contribution < 1.29 is 4.74 Å². The highest BCUT2D eigenvalue weighted by Crippen LogP contribution is 2.37. The van der Waals surface area contributed by atoms with Crippen molar-refractivity contribution in [3.8, 4) is 6.07 Å². The molecule has 2 heterocycles. The third-order valence-electron chi connectivity index (χ3n) is 4.13. The molecule has 1 aromatic heterocycles. The minimum Gasteiger partial charge on any atom is -0.378 e. The van der Waals surface area contributed by atoms with E-state index in [1.165, 1.54) is 24.1 Å². The van der Waals surface area contributed by atoms with Crippen molar-refractivity contribution in [1.29, 1.82) is 5.26 Å². The lowest BCUT2D eigenvalue weighted by Gasteiger charge is -2.33. The van der Waals surface area contributed by atoms with Gasteiger partial charge in [-0.25, -0.2) is 4.98 Å².